The van der Waals surface area contributed by atoms with Crippen LogP contribution in [-0.4, -0.2) is 14.5 Å². The number of halogens is 6. The fourth-order valence-electron chi connectivity index (χ4n) is 3.93. The minimum atomic E-state index is -4.66. The Morgan fingerprint density at radius 1 is 1.03 bits per heavy atom. The van der Waals surface area contributed by atoms with E-state index in [2.05, 4.69) is 9.97 Å². The molecule has 0 N–H and O–H groups in total. The first kappa shape index (κ1) is 24.7. The van der Waals surface area contributed by atoms with Crippen molar-refractivity contribution in [3.05, 3.63) is 98.7 Å². The zero-order valence-electron chi connectivity index (χ0n) is 18.7. The fraction of sp³-hybridized carbons (Fsp3) is 0.160. The number of aromatic nitrogens is 3. The third kappa shape index (κ3) is 5.12. The first-order chi connectivity index (χ1) is 17.6. The van der Waals surface area contributed by atoms with Crippen molar-refractivity contribution in [2.45, 2.75) is 25.7 Å². The number of rotatable bonds is 5. The number of pyridine rings is 1. The van der Waals surface area contributed by atoms with Gasteiger partial charge in [-0.2, -0.15) is 18.2 Å². The molecule has 190 valence electrons. The molecule has 0 spiro atoms. The molecule has 4 aromatic rings. The van der Waals surface area contributed by atoms with Crippen LogP contribution in [0, 0.1) is 11.6 Å². The van der Waals surface area contributed by atoms with Gasteiger partial charge in [0.2, 0.25) is 5.88 Å². The first-order valence-electron chi connectivity index (χ1n) is 10.8. The van der Waals surface area contributed by atoms with Crippen molar-refractivity contribution in [2.24, 2.45) is 0 Å². The Morgan fingerprint density at radius 2 is 1.78 bits per heavy atom. The molecule has 1 aliphatic rings. The Morgan fingerprint density at radius 3 is 2.46 bits per heavy atom. The molecule has 0 amide bonds. The Labute approximate surface area is 210 Å². The summed E-state index contributed by atoms with van der Waals surface area (Å²) in [4.78, 5) is 19.6. The van der Waals surface area contributed by atoms with Gasteiger partial charge in [0.25, 0.3) is 0 Å². The SMILES string of the molecule is O=c1nc(OCc2cc(F)c(Oc3ccc(C(F)(F)F)nc3)c(F)c2)cc2n1CCc1cc(Cl)ccc1-2. The fourth-order valence-corrected chi connectivity index (χ4v) is 4.12. The van der Waals surface area contributed by atoms with Gasteiger partial charge in [-0.25, -0.2) is 18.6 Å². The molecule has 37 heavy (non-hydrogen) atoms. The van der Waals surface area contributed by atoms with E-state index in [0.29, 0.717) is 35.9 Å². The predicted octanol–water partition coefficient (Wildman–Crippen LogP) is 6.18. The lowest BCUT2D eigenvalue weighted by Gasteiger charge is -2.22. The lowest BCUT2D eigenvalue weighted by molar-refractivity contribution is -0.141. The summed E-state index contributed by atoms with van der Waals surface area (Å²) in [5.74, 6) is -3.35. The molecule has 0 aliphatic carbocycles. The molecule has 0 fully saturated rings. The van der Waals surface area contributed by atoms with Gasteiger partial charge in [-0.3, -0.25) is 4.57 Å². The van der Waals surface area contributed by atoms with Crippen LogP contribution in [0.5, 0.6) is 17.4 Å². The monoisotopic (exact) mass is 535 g/mol. The molecule has 3 heterocycles. The predicted molar refractivity (Wildman–Crippen MR) is 123 cm³/mol. The third-order valence-corrected chi connectivity index (χ3v) is 5.86. The van der Waals surface area contributed by atoms with E-state index in [9.17, 15) is 26.7 Å². The average molecular weight is 536 g/mol. The molecular weight excluding hydrogens is 521 g/mol. The number of alkyl halides is 3. The van der Waals surface area contributed by atoms with Gasteiger partial charge < -0.3 is 9.47 Å². The summed E-state index contributed by atoms with van der Waals surface area (Å²) in [6.45, 7) is 0.0977. The van der Waals surface area contributed by atoms with Crippen LogP contribution < -0.4 is 15.2 Å². The average Bonchev–Trinajstić information content (AvgIpc) is 2.84. The van der Waals surface area contributed by atoms with Crippen molar-refractivity contribution in [3.8, 4) is 28.6 Å². The lowest BCUT2D eigenvalue weighted by Crippen LogP contribution is -2.28. The molecule has 2 aromatic heterocycles. The molecule has 2 aromatic carbocycles. The summed E-state index contributed by atoms with van der Waals surface area (Å²) >= 11 is 6.07. The number of hydrogen-bond acceptors (Lipinski definition) is 5. The van der Waals surface area contributed by atoms with Gasteiger partial charge >= 0.3 is 11.9 Å². The number of fused-ring (bicyclic) bond motifs is 3. The topological polar surface area (TPSA) is 66.2 Å². The van der Waals surface area contributed by atoms with Crippen LogP contribution in [0.1, 0.15) is 16.8 Å². The standard InChI is InChI=1S/C25H15ClF5N3O3/c26-15-1-3-17-14(9-15)5-6-34-20(17)10-22(33-24(34)35)36-12-13-7-18(27)23(19(28)8-13)37-16-2-4-21(32-11-16)25(29,30)31/h1-4,7-11H,5-6,12H2. The summed E-state index contributed by atoms with van der Waals surface area (Å²) in [5.41, 5.74) is 0.720. The quantitative estimate of drug-likeness (QED) is 0.285. The molecule has 5 rings (SSSR count). The van der Waals surface area contributed by atoms with E-state index in [1.54, 1.807) is 18.2 Å². The highest BCUT2D eigenvalue weighted by molar-refractivity contribution is 6.30. The summed E-state index contributed by atoms with van der Waals surface area (Å²) in [7, 11) is 0. The summed E-state index contributed by atoms with van der Waals surface area (Å²) in [5, 5.41) is 0.575. The number of ether oxygens (including phenoxy) is 2. The maximum Gasteiger partial charge on any atom is 0.433 e. The van der Waals surface area contributed by atoms with Gasteiger partial charge in [-0.05, 0) is 53.9 Å². The number of hydrogen-bond donors (Lipinski definition) is 0. The van der Waals surface area contributed by atoms with Gasteiger partial charge in [0.05, 0.1) is 11.9 Å². The molecule has 1 aliphatic heterocycles. The zero-order chi connectivity index (χ0) is 26.3. The summed E-state index contributed by atoms with van der Waals surface area (Å²) < 4.78 is 79.2. The highest BCUT2D eigenvalue weighted by Gasteiger charge is 2.32. The highest BCUT2D eigenvalue weighted by Crippen LogP contribution is 2.33. The largest absolute Gasteiger partial charge is 0.473 e. The minimum absolute atomic E-state index is 0.0315. The smallest absolute Gasteiger partial charge is 0.433 e. The molecule has 12 heteroatoms. The normalized spacial score (nSPS) is 12.6. The number of benzene rings is 2. The van der Waals surface area contributed by atoms with Crippen molar-refractivity contribution in [3.63, 3.8) is 0 Å². The van der Waals surface area contributed by atoms with Crippen molar-refractivity contribution >= 4 is 11.6 Å². The molecular formula is C25H15ClF5N3O3. The van der Waals surface area contributed by atoms with Gasteiger partial charge in [-0.15, -0.1) is 0 Å². The van der Waals surface area contributed by atoms with Gasteiger partial charge in [-0.1, -0.05) is 17.7 Å². The molecule has 0 atom stereocenters. The van der Waals surface area contributed by atoms with E-state index in [-0.39, 0.29) is 23.8 Å². The lowest BCUT2D eigenvalue weighted by atomic mass is 9.98. The van der Waals surface area contributed by atoms with Crippen LogP contribution in [-0.2, 0) is 25.7 Å². The van der Waals surface area contributed by atoms with Crippen molar-refractivity contribution in [1.82, 2.24) is 14.5 Å². The van der Waals surface area contributed by atoms with E-state index >= 15 is 0 Å². The maximum absolute atomic E-state index is 14.6. The Kier molecular flexibility index (Phi) is 6.32. The Bertz CT molecular complexity index is 1530. The zero-order valence-corrected chi connectivity index (χ0v) is 19.4. The molecule has 0 saturated heterocycles. The van der Waals surface area contributed by atoms with E-state index in [1.165, 1.54) is 4.57 Å². The Hall–Kier alpha value is -3.99. The van der Waals surface area contributed by atoms with Crippen molar-refractivity contribution < 1.29 is 31.4 Å². The molecule has 0 bridgehead atoms. The summed E-state index contributed by atoms with van der Waals surface area (Å²) in [6, 6.07) is 10.3. The molecule has 6 nitrogen and oxygen atoms in total. The third-order valence-electron chi connectivity index (χ3n) is 5.63. The second-order valence-electron chi connectivity index (χ2n) is 8.12. The Balaban J connectivity index is 1.34. The molecule has 0 unspecified atom stereocenters. The van der Waals surface area contributed by atoms with Gasteiger partial charge in [0, 0.05) is 23.2 Å². The van der Waals surface area contributed by atoms with Crippen LogP contribution in [0.2, 0.25) is 5.02 Å². The number of nitrogens with zero attached hydrogens (tertiary/aromatic N) is 3. The first-order valence-corrected chi connectivity index (χ1v) is 11.2. The van der Waals surface area contributed by atoms with E-state index in [4.69, 9.17) is 21.1 Å². The van der Waals surface area contributed by atoms with Gasteiger partial charge in [0.15, 0.2) is 17.4 Å². The van der Waals surface area contributed by atoms with Crippen LogP contribution in [0.4, 0.5) is 22.0 Å². The van der Waals surface area contributed by atoms with Crippen LogP contribution in [0.25, 0.3) is 11.3 Å². The van der Waals surface area contributed by atoms with Crippen LogP contribution in [0.15, 0.2) is 59.5 Å². The second kappa shape index (κ2) is 9.47. The van der Waals surface area contributed by atoms with Crippen molar-refractivity contribution in [1.29, 1.82) is 0 Å². The second-order valence-corrected chi connectivity index (χ2v) is 8.56. The molecule has 0 saturated carbocycles. The summed E-state index contributed by atoms with van der Waals surface area (Å²) in [6.07, 6.45) is -3.34. The van der Waals surface area contributed by atoms with E-state index in [0.717, 1.165) is 29.3 Å². The minimum Gasteiger partial charge on any atom is -0.473 e. The van der Waals surface area contributed by atoms with E-state index < -0.39 is 34.9 Å². The van der Waals surface area contributed by atoms with Crippen LogP contribution >= 0.6 is 11.6 Å². The van der Waals surface area contributed by atoms with E-state index in [1.807, 2.05) is 6.07 Å². The maximum atomic E-state index is 14.6. The molecule has 0 radical (unpaired) electrons. The van der Waals surface area contributed by atoms with Crippen molar-refractivity contribution in [2.75, 3.05) is 0 Å². The van der Waals surface area contributed by atoms with Crippen LogP contribution in [0.3, 0.4) is 0 Å². The highest BCUT2D eigenvalue weighted by atomic mass is 35.5. The van der Waals surface area contributed by atoms with Gasteiger partial charge in [0.1, 0.15) is 18.1 Å². The number of aryl methyl sites for hydroxylation is 1.